The van der Waals surface area contributed by atoms with Gasteiger partial charge in [0.2, 0.25) is 5.91 Å². The van der Waals surface area contributed by atoms with Gasteiger partial charge in [-0.2, -0.15) is 0 Å². The Balaban J connectivity index is 1.66. The molecular formula is C15H22N4O2. The summed E-state index contributed by atoms with van der Waals surface area (Å²) in [7, 11) is 1.85. The van der Waals surface area contributed by atoms with Crippen molar-refractivity contribution >= 4 is 11.7 Å². The number of rotatable bonds is 5. The third kappa shape index (κ3) is 3.71. The predicted octanol–water partition coefficient (Wildman–Crippen LogP) is 0.603. The van der Waals surface area contributed by atoms with Crippen molar-refractivity contribution in [3.8, 4) is 0 Å². The van der Waals surface area contributed by atoms with E-state index in [1.807, 2.05) is 25.2 Å². The van der Waals surface area contributed by atoms with E-state index in [4.69, 9.17) is 4.74 Å². The van der Waals surface area contributed by atoms with Crippen LogP contribution >= 0.6 is 0 Å². The van der Waals surface area contributed by atoms with Gasteiger partial charge in [0.1, 0.15) is 11.9 Å². The number of hydrogen-bond donors (Lipinski definition) is 2. The van der Waals surface area contributed by atoms with E-state index in [0.29, 0.717) is 25.8 Å². The number of carbonyl (C=O) groups is 1. The minimum Gasteiger partial charge on any atom is -0.378 e. The van der Waals surface area contributed by atoms with Gasteiger partial charge in [0, 0.05) is 26.2 Å². The fourth-order valence-corrected chi connectivity index (χ4v) is 2.51. The highest BCUT2D eigenvalue weighted by Gasteiger charge is 2.33. The molecule has 0 aromatic carbocycles. The zero-order valence-electron chi connectivity index (χ0n) is 12.3. The van der Waals surface area contributed by atoms with E-state index in [1.165, 1.54) is 0 Å². The van der Waals surface area contributed by atoms with Crippen molar-refractivity contribution in [1.82, 2.24) is 15.2 Å². The second kappa shape index (κ2) is 6.41. The summed E-state index contributed by atoms with van der Waals surface area (Å²) in [4.78, 5) is 19.0. The molecule has 0 spiro atoms. The van der Waals surface area contributed by atoms with Crippen LogP contribution in [0.4, 0.5) is 5.82 Å². The molecule has 1 atom stereocenters. The van der Waals surface area contributed by atoms with Gasteiger partial charge in [0.25, 0.3) is 0 Å². The first kappa shape index (κ1) is 14.3. The van der Waals surface area contributed by atoms with E-state index < -0.39 is 0 Å². The molecule has 2 N–H and O–H groups in total. The minimum absolute atomic E-state index is 0.0852. The van der Waals surface area contributed by atoms with Crippen LogP contribution in [-0.4, -0.2) is 54.7 Å². The van der Waals surface area contributed by atoms with Crippen molar-refractivity contribution in [3.63, 3.8) is 0 Å². The van der Waals surface area contributed by atoms with E-state index in [1.54, 1.807) is 0 Å². The number of nitrogens with one attached hydrogen (secondary N) is 2. The molecule has 1 aliphatic carbocycles. The number of carbonyl (C=O) groups excluding carboxylic acids is 1. The van der Waals surface area contributed by atoms with Crippen LogP contribution < -0.4 is 10.6 Å². The quantitative estimate of drug-likeness (QED) is 0.831. The monoisotopic (exact) mass is 290 g/mol. The number of amides is 1. The van der Waals surface area contributed by atoms with Crippen molar-refractivity contribution in [3.05, 3.63) is 23.9 Å². The average molecular weight is 290 g/mol. The highest BCUT2D eigenvalue weighted by molar-refractivity contribution is 5.82. The van der Waals surface area contributed by atoms with E-state index in [-0.39, 0.29) is 11.9 Å². The fourth-order valence-electron chi connectivity index (χ4n) is 2.51. The highest BCUT2D eigenvalue weighted by atomic mass is 16.5. The smallest absolute Gasteiger partial charge is 0.239 e. The van der Waals surface area contributed by atoms with Gasteiger partial charge in [-0.1, -0.05) is 6.07 Å². The number of aromatic nitrogens is 1. The maximum atomic E-state index is 12.3. The lowest BCUT2D eigenvalue weighted by molar-refractivity contribution is -0.133. The summed E-state index contributed by atoms with van der Waals surface area (Å²) in [6.45, 7) is 2.55. The van der Waals surface area contributed by atoms with Crippen molar-refractivity contribution in [2.45, 2.75) is 31.5 Å². The topological polar surface area (TPSA) is 66.5 Å². The van der Waals surface area contributed by atoms with Crippen molar-refractivity contribution < 1.29 is 9.53 Å². The Hall–Kier alpha value is -1.66. The summed E-state index contributed by atoms with van der Waals surface area (Å²) in [6.07, 6.45) is 2.20. The zero-order chi connectivity index (χ0) is 14.7. The fraction of sp³-hybridized carbons (Fsp3) is 0.600. The standard InChI is InChI=1S/C15H22N4O2/c1-16-14-4-2-3-12(17-14)9-19-7-8-21-10-13(19)15(20)18-11-5-6-11/h2-4,11,13H,5-10H2,1H3,(H,16,17)(H,18,20). The number of ether oxygens (including phenoxy) is 1. The summed E-state index contributed by atoms with van der Waals surface area (Å²) < 4.78 is 5.48. The number of anilines is 1. The Morgan fingerprint density at radius 1 is 1.48 bits per heavy atom. The van der Waals surface area contributed by atoms with E-state index in [0.717, 1.165) is 30.9 Å². The molecule has 2 aliphatic rings. The SMILES string of the molecule is CNc1cccc(CN2CCOCC2C(=O)NC2CC2)n1. The van der Waals surface area contributed by atoms with E-state index in [2.05, 4.69) is 20.5 Å². The molecule has 1 saturated carbocycles. The molecule has 1 saturated heterocycles. The largest absolute Gasteiger partial charge is 0.378 e. The first-order valence-corrected chi connectivity index (χ1v) is 7.52. The van der Waals surface area contributed by atoms with Crippen LogP contribution in [0.25, 0.3) is 0 Å². The number of pyridine rings is 1. The van der Waals surface area contributed by atoms with Crippen molar-refractivity contribution in [2.24, 2.45) is 0 Å². The average Bonchev–Trinajstić information content (AvgIpc) is 3.32. The van der Waals surface area contributed by atoms with Crippen LogP contribution in [0.15, 0.2) is 18.2 Å². The maximum Gasteiger partial charge on any atom is 0.239 e. The lowest BCUT2D eigenvalue weighted by atomic mass is 10.2. The predicted molar refractivity (Wildman–Crippen MR) is 80.0 cm³/mol. The number of nitrogens with zero attached hydrogens (tertiary/aromatic N) is 2. The van der Waals surface area contributed by atoms with Gasteiger partial charge >= 0.3 is 0 Å². The van der Waals surface area contributed by atoms with Crippen molar-refractivity contribution in [1.29, 1.82) is 0 Å². The molecule has 114 valence electrons. The first-order valence-electron chi connectivity index (χ1n) is 7.52. The van der Waals surface area contributed by atoms with Crippen molar-refractivity contribution in [2.75, 3.05) is 32.1 Å². The van der Waals surface area contributed by atoms with Gasteiger partial charge < -0.3 is 15.4 Å². The zero-order valence-corrected chi connectivity index (χ0v) is 12.3. The summed E-state index contributed by atoms with van der Waals surface area (Å²) in [5.41, 5.74) is 0.966. The van der Waals surface area contributed by atoms with Gasteiger partial charge in [-0.25, -0.2) is 4.98 Å². The maximum absolute atomic E-state index is 12.3. The van der Waals surface area contributed by atoms with Gasteiger partial charge in [0.05, 0.1) is 18.9 Å². The summed E-state index contributed by atoms with van der Waals surface area (Å²) in [6, 6.07) is 6.08. The second-order valence-electron chi connectivity index (χ2n) is 5.61. The molecule has 1 aromatic rings. The first-order chi connectivity index (χ1) is 10.3. The summed E-state index contributed by atoms with van der Waals surface area (Å²) in [5.74, 6) is 0.932. The molecule has 6 heteroatoms. The third-order valence-corrected chi connectivity index (χ3v) is 3.89. The molecule has 2 heterocycles. The van der Waals surface area contributed by atoms with Crippen LogP contribution in [0, 0.1) is 0 Å². The van der Waals surface area contributed by atoms with Gasteiger partial charge in [-0.05, 0) is 25.0 Å². The highest BCUT2D eigenvalue weighted by Crippen LogP contribution is 2.20. The second-order valence-corrected chi connectivity index (χ2v) is 5.61. The lowest BCUT2D eigenvalue weighted by Crippen LogP contribution is -2.53. The van der Waals surface area contributed by atoms with E-state index >= 15 is 0 Å². The van der Waals surface area contributed by atoms with Gasteiger partial charge in [-0.15, -0.1) is 0 Å². The van der Waals surface area contributed by atoms with E-state index in [9.17, 15) is 4.79 Å². The Labute approximate surface area is 124 Å². The van der Waals surface area contributed by atoms with Crippen LogP contribution in [0.3, 0.4) is 0 Å². The Morgan fingerprint density at radius 3 is 3.10 bits per heavy atom. The third-order valence-electron chi connectivity index (χ3n) is 3.89. The van der Waals surface area contributed by atoms with Crippen LogP contribution in [0.1, 0.15) is 18.5 Å². The molecule has 1 aromatic heterocycles. The lowest BCUT2D eigenvalue weighted by Gasteiger charge is -2.34. The van der Waals surface area contributed by atoms with Crippen LogP contribution in [-0.2, 0) is 16.1 Å². The molecule has 0 radical (unpaired) electrons. The Bertz CT molecular complexity index is 504. The van der Waals surface area contributed by atoms with Crippen LogP contribution in [0.5, 0.6) is 0 Å². The molecule has 21 heavy (non-hydrogen) atoms. The molecule has 0 bridgehead atoms. The number of hydrogen-bond acceptors (Lipinski definition) is 5. The summed E-state index contributed by atoms with van der Waals surface area (Å²) >= 11 is 0. The van der Waals surface area contributed by atoms with Gasteiger partial charge in [-0.3, -0.25) is 9.69 Å². The molecule has 3 rings (SSSR count). The molecular weight excluding hydrogens is 268 g/mol. The van der Waals surface area contributed by atoms with Crippen LogP contribution in [0.2, 0.25) is 0 Å². The molecule has 1 aliphatic heterocycles. The minimum atomic E-state index is -0.209. The van der Waals surface area contributed by atoms with Gasteiger partial charge in [0.15, 0.2) is 0 Å². The molecule has 6 nitrogen and oxygen atoms in total. The molecule has 1 amide bonds. The summed E-state index contributed by atoms with van der Waals surface area (Å²) in [5, 5.41) is 6.11. The Kier molecular flexibility index (Phi) is 4.36. The molecule has 2 fully saturated rings. The Morgan fingerprint density at radius 2 is 2.33 bits per heavy atom. The number of morpholine rings is 1. The normalized spacial score (nSPS) is 22.8. The molecule has 1 unspecified atom stereocenters.